The Morgan fingerprint density at radius 1 is 0.400 bits per heavy atom. The molecule has 2 nitrogen and oxygen atoms in total. The predicted octanol–water partition coefficient (Wildman–Crippen LogP) is 6.39. The van der Waals surface area contributed by atoms with Crippen molar-refractivity contribution < 1.29 is 0 Å². The Morgan fingerprint density at radius 2 is 0.771 bits per heavy atom. The zero-order valence-electron chi connectivity index (χ0n) is 19.9. The molecule has 0 fully saturated rings. The minimum absolute atomic E-state index is 0.188. The number of rotatable bonds is 2. The zero-order valence-corrected chi connectivity index (χ0v) is 19.9. The van der Waals surface area contributed by atoms with Crippen molar-refractivity contribution in [3.05, 3.63) is 126 Å². The lowest BCUT2D eigenvalue weighted by molar-refractivity contribution is 1.24. The molecule has 7 rings (SSSR count). The Kier molecular flexibility index (Phi) is 4.40. The summed E-state index contributed by atoms with van der Waals surface area (Å²) in [5.74, 6) is 0. The second-order valence-electron chi connectivity index (χ2n) is 9.50. The molecule has 0 aromatic heterocycles. The first-order chi connectivity index (χ1) is 17.2. The topological polar surface area (TPSA) is 6.48 Å². The molecule has 0 unspecified atom stereocenters. The molecule has 0 radical (unpaired) electrons. The third kappa shape index (κ3) is 2.85. The first-order valence-electron chi connectivity index (χ1n) is 12.3. The van der Waals surface area contributed by atoms with Crippen LogP contribution in [0.5, 0.6) is 0 Å². The van der Waals surface area contributed by atoms with Crippen molar-refractivity contribution in [2.75, 3.05) is 9.80 Å². The van der Waals surface area contributed by atoms with E-state index >= 15 is 0 Å². The van der Waals surface area contributed by atoms with Gasteiger partial charge in [0.15, 0.2) is 0 Å². The maximum absolute atomic E-state index is 2.45. The van der Waals surface area contributed by atoms with Gasteiger partial charge in [0.25, 0.3) is 6.71 Å². The van der Waals surface area contributed by atoms with Gasteiger partial charge in [-0.05, 0) is 78.8 Å². The van der Waals surface area contributed by atoms with Crippen LogP contribution in [0.15, 0.2) is 115 Å². The molecule has 0 saturated heterocycles. The summed E-state index contributed by atoms with van der Waals surface area (Å²) in [6, 6.07) is 41.8. The predicted molar refractivity (Wildman–Crippen MR) is 150 cm³/mol. The first-order valence-corrected chi connectivity index (χ1v) is 12.3. The standard InChI is InChI=1S/C32H25BN2/c1-22-12-9-18-26-30(22)33-31-23(2)13-10-19-27(31)35(25-16-7-4-8-17-25)29-21-11-20-28(32(29)33)34(26)24-14-5-3-6-15-24/h3-21H,1-2H3. The van der Waals surface area contributed by atoms with E-state index in [9.17, 15) is 0 Å². The zero-order chi connectivity index (χ0) is 23.5. The van der Waals surface area contributed by atoms with Crippen LogP contribution in [0.4, 0.5) is 34.1 Å². The fourth-order valence-corrected chi connectivity index (χ4v) is 6.10. The maximum atomic E-state index is 2.45. The summed E-state index contributed by atoms with van der Waals surface area (Å²) in [5, 5.41) is 0. The monoisotopic (exact) mass is 448 g/mol. The molecule has 0 amide bonds. The van der Waals surface area contributed by atoms with Crippen LogP contribution in [0, 0.1) is 13.8 Å². The SMILES string of the molecule is Cc1cccc2c1B1c3c(C)cccc3N(c3ccccc3)c3cccc(c31)N2c1ccccc1. The maximum Gasteiger partial charge on any atom is 0.252 e. The van der Waals surface area contributed by atoms with Gasteiger partial charge in [-0.1, -0.05) is 77.9 Å². The van der Waals surface area contributed by atoms with Crippen LogP contribution in [0.25, 0.3) is 0 Å². The minimum atomic E-state index is 0.188. The summed E-state index contributed by atoms with van der Waals surface area (Å²) in [7, 11) is 0. The molecule has 2 heterocycles. The number of hydrogen-bond donors (Lipinski definition) is 0. The van der Waals surface area contributed by atoms with Crippen molar-refractivity contribution in [3.63, 3.8) is 0 Å². The molecule has 2 aliphatic heterocycles. The van der Waals surface area contributed by atoms with E-state index in [2.05, 4.69) is 139 Å². The Labute approximate surface area is 207 Å². The van der Waals surface area contributed by atoms with E-state index in [-0.39, 0.29) is 6.71 Å². The largest absolute Gasteiger partial charge is 0.311 e. The number of anilines is 6. The highest BCUT2D eigenvalue weighted by Gasteiger charge is 2.44. The van der Waals surface area contributed by atoms with E-state index < -0.39 is 0 Å². The highest BCUT2D eigenvalue weighted by molar-refractivity contribution is 7.00. The highest BCUT2D eigenvalue weighted by atomic mass is 15.2. The molecule has 2 aliphatic rings. The van der Waals surface area contributed by atoms with Crippen LogP contribution >= 0.6 is 0 Å². The Bertz CT molecular complexity index is 1460. The number of nitrogens with zero attached hydrogens (tertiary/aromatic N) is 2. The second-order valence-corrected chi connectivity index (χ2v) is 9.50. The molecule has 0 N–H and O–H groups in total. The van der Waals surface area contributed by atoms with Crippen molar-refractivity contribution in [2.45, 2.75) is 13.8 Å². The van der Waals surface area contributed by atoms with Gasteiger partial charge >= 0.3 is 0 Å². The van der Waals surface area contributed by atoms with Crippen LogP contribution in [-0.2, 0) is 0 Å². The molecule has 0 spiro atoms. The van der Waals surface area contributed by atoms with Gasteiger partial charge in [-0.3, -0.25) is 0 Å². The normalized spacial score (nSPS) is 13.3. The third-order valence-corrected chi connectivity index (χ3v) is 7.52. The van der Waals surface area contributed by atoms with Gasteiger partial charge in [-0.25, -0.2) is 0 Å². The van der Waals surface area contributed by atoms with Crippen LogP contribution < -0.4 is 26.2 Å². The summed E-state index contributed by atoms with van der Waals surface area (Å²) >= 11 is 0. The second kappa shape index (κ2) is 7.64. The molecule has 5 aromatic rings. The third-order valence-electron chi connectivity index (χ3n) is 7.52. The van der Waals surface area contributed by atoms with Crippen molar-refractivity contribution in [1.29, 1.82) is 0 Å². The molecule has 3 heteroatoms. The Hall–Kier alpha value is -4.24. The lowest BCUT2D eigenvalue weighted by Crippen LogP contribution is -2.62. The van der Waals surface area contributed by atoms with Gasteiger partial charge < -0.3 is 9.80 Å². The van der Waals surface area contributed by atoms with Crippen LogP contribution in [0.1, 0.15) is 11.1 Å². The molecule has 5 aromatic carbocycles. The molecule has 0 saturated carbocycles. The summed E-state index contributed by atoms with van der Waals surface area (Å²) in [5.41, 5.74) is 14.3. The minimum Gasteiger partial charge on any atom is -0.311 e. The van der Waals surface area contributed by atoms with Gasteiger partial charge in [-0.2, -0.15) is 0 Å². The summed E-state index contributed by atoms with van der Waals surface area (Å²) < 4.78 is 0. The summed E-state index contributed by atoms with van der Waals surface area (Å²) in [4.78, 5) is 4.90. The Morgan fingerprint density at radius 3 is 1.20 bits per heavy atom. The Balaban J connectivity index is 1.62. The van der Waals surface area contributed by atoms with Crippen molar-refractivity contribution in [3.8, 4) is 0 Å². The highest BCUT2D eigenvalue weighted by Crippen LogP contribution is 2.44. The van der Waals surface area contributed by atoms with Crippen molar-refractivity contribution >= 4 is 57.2 Å². The van der Waals surface area contributed by atoms with Crippen molar-refractivity contribution in [2.24, 2.45) is 0 Å². The number of benzene rings is 5. The van der Waals surface area contributed by atoms with Gasteiger partial charge in [0.2, 0.25) is 0 Å². The van der Waals surface area contributed by atoms with E-state index in [1.165, 1.54) is 61.6 Å². The molecule has 0 bridgehead atoms. The number of para-hydroxylation sites is 2. The summed E-state index contributed by atoms with van der Waals surface area (Å²) in [6.07, 6.45) is 0. The average Bonchev–Trinajstić information content (AvgIpc) is 2.90. The average molecular weight is 448 g/mol. The van der Waals surface area contributed by atoms with E-state index in [0.717, 1.165) is 0 Å². The quantitative estimate of drug-likeness (QED) is 0.283. The number of aryl methyl sites for hydroxylation is 2. The lowest BCUT2D eigenvalue weighted by atomic mass is 9.32. The van der Waals surface area contributed by atoms with E-state index in [4.69, 9.17) is 0 Å². The van der Waals surface area contributed by atoms with Gasteiger partial charge in [0.05, 0.1) is 0 Å². The summed E-state index contributed by atoms with van der Waals surface area (Å²) in [6.45, 7) is 4.71. The van der Waals surface area contributed by atoms with Crippen LogP contribution in [0.3, 0.4) is 0 Å². The molecule has 0 aliphatic carbocycles. The van der Waals surface area contributed by atoms with Gasteiger partial charge in [0, 0.05) is 34.1 Å². The van der Waals surface area contributed by atoms with E-state index in [1.807, 2.05) is 0 Å². The van der Waals surface area contributed by atoms with Crippen LogP contribution in [-0.4, -0.2) is 6.71 Å². The number of hydrogen-bond acceptors (Lipinski definition) is 2. The fraction of sp³-hybridized carbons (Fsp3) is 0.0625. The smallest absolute Gasteiger partial charge is 0.252 e. The van der Waals surface area contributed by atoms with Crippen molar-refractivity contribution in [1.82, 2.24) is 0 Å². The molecule has 166 valence electrons. The molecule has 0 atom stereocenters. The number of fused-ring (bicyclic) bond motifs is 4. The van der Waals surface area contributed by atoms with Crippen LogP contribution in [0.2, 0.25) is 0 Å². The molecular weight excluding hydrogens is 423 g/mol. The molecule has 35 heavy (non-hydrogen) atoms. The van der Waals surface area contributed by atoms with E-state index in [1.54, 1.807) is 0 Å². The van der Waals surface area contributed by atoms with Gasteiger partial charge in [-0.15, -0.1) is 0 Å². The van der Waals surface area contributed by atoms with Gasteiger partial charge in [0.1, 0.15) is 0 Å². The lowest BCUT2D eigenvalue weighted by Gasteiger charge is -2.45. The molecular formula is C32H25BN2. The van der Waals surface area contributed by atoms with E-state index in [0.29, 0.717) is 0 Å². The fourth-order valence-electron chi connectivity index (χ4n) is 6.10. The first kappa shape index (κ1) is 20.2.